The smallest absolute Gasteiger partial charge is 0.234 e. The van der Waals surface area contributed by atoms with Crippen LogP contribution in [0.4, 0.5) is 5.69 Å². The van der Waals surface area contributed by atoms with E-state index in [0.29, 0.717) is 10.9 Å². The first-order chi connectivity index (χ1) is 12.6. The van der Waals surface area contributed by atoms with E-state index in [2.05, 4.69) is 32.3 Å². The lowest BCUT2D eigenvalue weighted by Gasteiger charge is -2.26. The lowest BCUT2D eigenvalue weighted by atomic mass is 10.1. The Bertz CT molecular complexity index is 739. The molecule has 0 saturated carbocycles. The average molecular weight is 371 g/mol. The highest BCUT2D eigenvalue weighted by molar-refractivity contribution is 7.99. The molecule has 26 heavy (non-hydrogen) atoms. The minimum atomic E-state index is -0.0344. The van der Waals surface area contributed by atoms with Gasteiger partial charge < -0.3 is 5.32 Å². The summed E-state index contributed by atoms with van der Waals surface area (Å²) in [4.78, 5) is 23.5. The Morgan fingerprint density at radius 1 is 1.12 bits per heavy atom. The Hall–Kier alpha value is -1.92. The first kappa shape index (κ1) is 18.9. The topological polar surface area (TPSA) is 58.1 Å². The number of nitrogens with one attached hydrogen (secondary N) is 1. The molecule has 1 aliphatic rings. The van der Waals surface area contributed by atoms with E-state index in [1.807, 2.05) is 32.0 Å². The van der Waals surface area contributed by atoms with Gasteiger partial charge >= 0.3 is 0 Å². The third kappa shape index (κ3) is 5.81. The Morgan fingerprint density at radius 3 is 2.58 bits per heavy atom. The summed E-state index contributed by atoms with van der Waals surface area (Å²) in [5.74, 6) is 0.270. The van der Waals surface area contributed by atoms with Gasteiger partial charge in [0.2, 0.25) is 5.91 Å². The van der Waals surface area contributed by atoms with Gasteiger partial charge in [0, 0.05) is 23.6 Å². The minimum Gasteiger partial charge on any atom is -0.325 e. The summed E-state index contributed by atoms with van der Waals surface area (Å²) in [6.45, 7) is 7.17. The number of anilines is 1. The number of hydrogen-bond acceptors (Lipinski definition) is 5. The molecule has 0 spiro atoms. The zero-order valence-corrected chi connectivity index (χ0v) is 16.3. The maximum Gasteiger partial charge on any atom is 0.234 e. The molecule has 1 amide bonds. The Balaban J connectivity index is 1.52. The van der Waals surface area contributed by atoms with E-state index in [9.17, 15) is 4.79 Å². The molecule has 138 valence electrons. The van der Waals surface area contributed by atoms with E-state index in [1.165, 1.54) is 49.7 Å². The van der Waals surface area contributed by atoms with Crippen molar-refractivity contribution in [2.45, 2.75) is 44.8 Å². The SMILES string of the molecule is Cc1cc(C)nc(SCC(=O)Nc2cccc(CN3CCCCC3)c2)n1. The number of thioether (sulfide) groups is 1. The predicted molar refractivity (Wildman–Crippen MR) is 106 cm³/mol. The van der Waals surface area contributed by atoms with Gasteiger partial charge in [0.15, 0.2) is 5.16 Å². The Morgan fingerprint density at radius 2 is 1.85 bits per heavy atom. The second kappa shape index (κ2) is 9.14. The summed E-state index contributed by atoms with van der Waals surface area (Å²) in [6.07, 6.45) is 3.91. The van der Waals surface area contributed by atoms with Crippen LogP contribution in [0.5, 0.6) is 0 Å². The number of aromatic nitrogens is 2. The van der Waals surface area contributed by atoms with Gasteiger partial charge in [-0.2, -0.15) is 0 Å². The molecule has 1 aliphatic heterocycles. The van der Waals surface area contributed by atoms with Crippen molar-refractivity contribution in [3.8, 4) is 0 Å². The van der Waals surface area contributed by atoms with Crippen LogP contribution in [0, 0.1) is 13.8 Å². The second-order valence-corrected chi connectivity index (χ2v) is 7.75. The fourth-order valence-electron chi connectivity index (χ4n) is 3.21. The number of carbonyl (C=O) groups excluding carboxylic acids is 1. The van der Waals surface area contributed by atoms with Crippen molar-refractivity contribution >= 4 is 23.4 Å². The number of aryl methyl sites for hydroxylation is 2. The number of amides is 1. The van der Waals surface area contributed by atoms with E-state index >= 15 is 0 Å². The molecule has 1 aromatic heterocycles. The van der Waals surface area contributed by atoms with Crippen LogP contribution in [0.25, 0.3) is 0 Å². The van der Waals surface area contributed by atoms with Gasteiger partial charge in [0.1, 0.15) is 0 Å². The number of benzene rings is 1. The lowest BCUT2D eigenvalue weighted by Crippen LogP contribution is -2.29. The monoisotopic (exact) mass is 370 g/mol. The summed E-state index contributed by atoms with van der Waals surface area (Å²) < 4.78 is 0. The maximum absolute atomic E-state index is 12.3. The molecule has 6 heteroatoms. The molecule has 0 atom stereocenters. The molecular weight excluding hydrogens is 344 g/mol. The fourth-order valence-corrected chi connectivity index (χ4v) is 3.96. The molecule has 0 aliphatic carbocycles. The number of rotatable bonds is 6. The molecule has 1 fully saturated rings. The molecule has 3 rings (SSSR count). The molecule has 0 radical (unpaired) electrons. The van der Waals surface area contributed by atoms with E-state index in [4.69, 9.17) is 0 Å². The Labute approximate surface area is 159 Å². The molecule has 1 saturated heterocycles. The van der Waals surface area contributed by atoms with Crippen molar-refractivity contribution in [2.75, 3.05) is 24.2 Å². The van der Waals surface area contributed by atoms with Gasteiger partial charge in [-0.3, -0.25) is 9.69 Å². The van der Waals surface area contributed by atoms with Crippen LogP contribution in [0.1, 0.15) is 36.2 Å². The van der Waals surface area contributed by atoms with Gasteiger partial charge in [-0.25, -0.2) is 9.97 Å². The molecule has 2 heterocycles. The van der Waals surface area contributed by atoms with E-state index in [-0.39, 0.29) is 5.91 Å². The van der Waals surface area contributed by atoms with Crippen molar-refractivity contribution in [2.24, 2.45) is 0 Å². The lowest BCUT2D eigenvalue weighted by molar-refractivity contribution is -0.113. The highest BCUT2D eigenvalue weighted by Gasteiger charge is 2.11. The van der Waals surface area contributed by atoms with Gasteiger partial charge in [-0.05, 0) is 63.5 Å². The van der Waals surface area contributed by atoms with Gasteiger partial charge in [-0.15, -0.1) is 0 Å². The molecule has 5 nitrogen and oxygen atoms in total. The third-order valence-corrected chi connectivity index (χ3v) is 5.21. The third-order valence-electron chi connectivity index (χ3n) is 4.36. The highest BCUT2D eigenvalue weighted by atomic mass is 32.2. The van der Waals surface area contributed by atoms with Crippen LogP contribution in [0.2, 0.25) is 0 Å². The Kier molecular flexibility index (Phi) is 6.63. The first-order valence-electron chi connectivity index (χ1n) is 9.15. The molecular formula is C20H26N4OS. The van der Waals surface area contributed by atoms with Crippen LogP contribution >= 0.6 is 11.8 Å². The maximum atomic E-state index is 12.3. The van der Waals surface area contributed by atoms with Crippen molar-refractivity contribution < 1.29 is 4.79 Å². The van der Waals surface area contributed by atoms with E-state index in [1.54, 1.807) is 0 Å². The molecule has 2 aromatic rings. The molecule has 0 bridgehead atoms. The summed E-state index contributed by atoms with van der Waals surface area (Å²) in [6, 6.07) is 10.1. The summed E-state index contributed by atoms with van der Waals surface area (Å²) >= 11 is 1.37. The van der Waals surface area contributed by atoms with Crippen LogP contribution < -0.4 is 5.32 Å². The second-order valence-electron chi connectivity index (χ2n) is 6.81. The van der Waals surface area contributed by atoms with Gasteiger partial charge in [0.25, 0.3) is 0 Å². The van der Waals surface area contributed by atoms with Crippen molar-refractivity contribution in [1.29, 1.82) is 0 Å². The van der Waals surface area contributed by atoms with Crippen molar-refractivity contribution in [3.05, 3.63) is 47.3 Å². The molecule has 1 aromatic carbocycles. The number of hydrogen-bond donors (Lipinski definition) is 1. The quantitative estimate of drug-likeness (QED) is 0.619. The van der Waals surface area contributed by atoms with Crippen LogP contribution in [0.3, 0.4) is 0 Å². The van der Waals surface area contributed by atoms with Crippen molar-refractivity contribution in [3.63, 3.8) is 0 Å². The highest BCUT2D eigenvalue weighted by Crippen LogP contribution is 2.18. The van der Waals surface area contributed by atoms with Gasteiger partial charge in [-0.1, -0.05) is 30.3 Å². The zero-order chi connectivity index (χ0) is 18.4. The zero-order valence-electron chi connectivity index (χ0n) is 15.5. The number of carbonyl (C=O) groups is 1. The summed E-state index contributed by atoms with van der Waals surface area (Å²) in [5.41, 5.74) is 3.94. The standard InChI is InChI=1S/C20H26N4OS/c1-15-11-16(2)22-20(21-15)26-14-19(25)23-18-8-6-7-17(12-18)13-24-9-4-3-5-10-24/h6-8,11-12H,3-5,9-10,13-14H2,1-2H3,(H,23,25). The van der Waals surface area contributed by atoms with Crippen molar-refractivity contribution in [1.82, 2.24) is 14.9 Å². The number of piperidine rings is 1. The minimum absolute atomic E-state index is 0.0344. The normalized spacial score (nSPS) is 15.0. The average Bonchev–Trinajstić information content (AvgIpc) is 2.60. The van der Waals surface area contributed by atoms with Crippen LogP contribution in [-0.4, -0.2) is 39.6 Å². The van der Waals surface area contributed by atoms with Crippen LogP contribution in [-0.2, 0) is 11.3 Å². The first-order valence-corrected chi connectivity index (χ1v) is 10.1. The molecule has 0 unspecified atom stereocenters. The van der Waals surface area contributed by atoms with E-state index < -0.39 is 0 Å². The largest absolute Gasteiger partial charge is 0.325 e. The van der Waals surface area contributed by atoms with Gasteiger partial charge in [0.05, 0.1) is 5.75 Å². The number of nitrogens with zero attached hydrogens (tertiary/aromatic N) is 3. The van der Waals surface area contributed by atoms with E-state index in [0.717, 1.165) is 23.6 Å². The number of likely N-dealkylation sites (tertiary alicyclic amines) is 1. The predicted octanol–water partition coefficient (Wildman–Crippen LogP) is 3.81. The molecule has 1 N–H and O–H groups in total. The summed E-state index contributed by atoms with van der Waals surface area (Å²) in [7, 11) is 0. The van der Waals surface area contributed by atoms with Crippen LogP contribution in [0.15, 0.2) is 35.5 Å². The summed E-state index contributed by atoms with van der Waals surface area (Å²) in [5, 5.41) is 3.63. The fraction of sp³-hybridized carbons (Fsp3) is 0.450.